The molecule has 3 aliphatic carbocycles. The molecule has 0 N–H and O–H groups in total. The van der Waals surface area contributed by atoms with Crippen molar-refractivity contribution in [3.8, 4) is 11.1 Å². The summed E-state index contributed by atoms with van der Waals surface area (Å²) in [5, 5.41) is 0. The molecule has 0 heterocycles. The summed E-state index contributed by atoms with van der Waals surface area (Å²) in [6.07, 6.45) is 11.9. The maximum Gasteiger partial charge on any atom is 0.0725 e. The van der Waals surface area contributed by atoms with Gasteiger partial charge in [-0.3, -0.25) is 0 Å². The van der Waals surface area contributed by atoms with Gasteiger partial charge in [-0.15, -0.1) is 0 Å². The third kappa shape index (κ3) is 2.42. The van der Waals surface area contributed by atoms with E-state index < -0.39 is 0 Å². The van der Waals surface area contributed by atoms with E-state index in [9.17, 15) is 0 Å². The lowest BCUT2D eigenvalue weighted by molar-refractivity contribution is 0.625. The molecular weight excluding hydrogens is 372 g/mol. The Labute approximate surface area is 185 Å². The van der Waals surface area contributed by atoms with Crippen molar-refractivity contribution in [2.75, 3.05) is 0 Å². The summed E-state index contributed by atoms with van der Waals surface area (Å²) in [6, 6.07) is 25.3. The molecule has 0 unspecified atom stereocenters. The first kappa shape index (κ1) is 18.6. The molecule has 0 aromatic heterocycles. The Kier molecular flexibility index (Phi) is 3.87. The highest BCUT2D eigenvalue weighted by Crippen LogP contribution is 2.62. The van der Waals surface area contributed by atoms with Crippen LogP contribution in [0.3, 0.4) is 0 Å². The van der Waals surface area contributed by atoms with Crippen LogP contribution in [-0.4, -0.2) is 0 Å². The van der Waals surface area contributed by atoms with Gasteiger partial charge in [-0.05, 0) is 56.5 Å². The molecule has 0 amide bonds. The van der Waals surface area contributed by atoms with Gasteiger partial charge in [-0.1, -0.05) is 118 Å². The molecule has 3 aliphatic rings. The first-order valence-electron chi connectivity index (χ1n) is 11.5. The van der Waals surface area contributed by atoms with E-state index in [1.807, 2.05) is 0 Å². The quantitative estimate of drug-likeness (QED) is 0.410. The van der Waals surface area contributed by atoms with Crippen LogP contribution < -0.4 is 0 Å². The number of fused-ring (bicyclic) bond motifs is 9. The minimum Gasteiger partial charge on any atom is -0.0747 e. The average Bonchev–Trinajstić information content (AvgIpc) is 3.16. The monoisotopic (exact) mass is 400 g/mol. The smallest absolute Gasteiger partial charge is 0.0725 e. The number of rotatable bonds is 2. The van der Waals surface area contributed by atoms with Crippen molar-refractivity contribution in [1.82, 2.24) is 0 Å². The Morgan fingerprint density at radius 3 is 1.97 bits per heavy atom. The van der Waals surface area contributed by atoms with Gasteiger partial charge in [0.05, 0.1) is 5.41 Å². The lowest BCUT2D eigenvalue weighted by Gasteiger charge is -2.32. The van der Waals surface area contributed by atoms with E-state index >= 15 is 0 Å². The molecular formula is C31H28. The van der Waals surface area contributed by atoms with Crippen LogP contribution in [-0.2, 0) is 11.8 Å². The third-order valence-electron chi connectivity index (χ3n) is 7.32. The summed E-state index contributed by atoms with van der Waals surface area (Å²) < 4.78 is 0. The van der Waals surface area contributed by atoms with E-state index in [0.717, 1.165) is 6.42 Å². The summed E-state index contributed by atoms with van der Waals surface area (Å²) >= 11 is 0. The van der Waals surface area contributed by atoms with Crippen molar-refractivity contribution >= 4 is 5.57 Å². The molecule has 0 aliphatic heterocycles. The highest BCUT2D eigenvalue weighted by atomic mass is 14.5. The lowest BCUT2D eigenvalue weighted by Crippen LogP contribution is -2.26. The second-order valence-electron chi connectivity index (χ2n) is 9.79. The van der Waals surface area contributed by atoms with Gasteiger partial charge in [-0.25, -0.2) is 0 Å². The molecule has 3 aromatic rings. The van der Waals surface area contributed by atoms with Crippen molar-refractivity contribution in [2.45, 2.75) is 39.0 Å². The van der Waals surface area contributed by atoms with Crippen molar-refractivity contribution in [1.29, 1.82) is 0 Å². The molecule has 0 bridgehead atoms. The topological polar surface area (TPSA) is 0 Å². The molecule has 0 nitrogen and oxygen atoms in total. The molecule has 0 radical (unpaired) electrons. The van der Waals surface area contributed by atoms with Crippen molar-refractivity contribution < 1.29 is 0 Å². The van der Waals surface area contributed by atoms with Crippen LogP contribution >= 0.6 is 0 Å². The molecule has 3 aromatic carbocycles. The average molecular weight is 401 g/mol. The highest BCUT2D eigenvalue weighted by molar-refractivity contribution is 5.98. The minimum absolute atomic E-state index is 0.0460. The van der Waals surface area contributed by atoms with Crippen LogP contribution in [0.5, 0.6) is 0 Å². The first-order chi connectivity index (χ1) is 15.1. The van der Waals surface area contributed by atoms with Gasteiger partial charge in [0, 0.05) is 5.41 Å². The van der Waals surface area contributed by atoms with Crippen LogP contribution in [0.25, 0.3) is 16.7 Å². The fourth-order valence-corrected chi connectivity index (χ4v) is 5.94. The van der Waals surface area contributed by atoms with Crippen LogP contribution in [0.15, 0.2) is 96.6 Å². The molecule has 152 valence electrons. The Morgan fingerprint density at radius 1 is 0.677 bits per heavy atom. The first-order valence-corrected chi connectivity index (χ1v) is 11.5. The zero-order valence-electron chi connectivity index (χ0n) is 18.6. The summed E-state index contributed by atoms with van der Waals surface area (Å²) in [6.45, 7) is 6.85. The van der Waals surface area contributed by atoms with Gasteiger partial charge >= 0.3 is 0 Å². The van der Waals surface area contributed by atoms with E-state index in [4.69, 9.17) is 0 Å². The van der Waals surface area contributed by atoms with Crippen LogP contribution in [0.2, 0.25) is 0 Å². The molecule has 1 spiro atoms. The van der Waals surface area contributed by atoms with Crippen LogP contribution in [0.1, 0.15) is 55.0 Å². The Morgan fingerprint density at radius 2 is 1.29 bits per heavy atom. The Hall–Kier alpha value is -3.12. The predicted octanol–water partition coefficient (Wildman–Crippen LogP) is 7.87. The standard InChI is InChI=1S/C31H28/c1-4-9-21-14-15-28-25(20-21)24-16-18-30(2,3)19-17-29(24)31(28)26-12-7-5-10-22(26)23-11-6-8-13-27(23)31/h5-8,10-20H,4,9H2,1-3H3. The zero-order chi connectivity index (χ0) is 21.2. The normalized spacial score (nSPS) is 18.5. The van der Waals surface area contributed by atoms with Crippen molar-refractivity contribution in [3.05, 3.63) is 124 Å². The highest BCUT2D eigenvalue weighted by Gasteiger charge is 2.52. The Bertz CT molecular complexity index is 1260. The molecule has 31 heavy (non-hydrogen) atoms. The predicted molar refractivity (Wildman–Crippen MR) is 131 cm³/mol. The molecule has 0 atom stereocenters. The summed E-state index contributed by atoms with van der Waals surface area (Å²) in [7, 11) is 0. The van der Waals surface area contributed by atoms with E-state index in [1.165, 1.54) is 56.5 Å². The lowest BCUT2D eigenvalue weighted by atomic mass is 9.69. The van der Waals surface area contributed by atoms with Gasteiger partial charge in [0.15, 0.2) is 0 Å². The summed E-state index contributed by atoms with van der Waals surface area (Å²) in [4.78, 5) is 0. The summed E-state index contributed by atoms with van der Waals surface area (Å²) in [5.41, 5.74) is 12.5. The third-order valence-corrected chi connectivity index (χ3v) is 7.32. The Balaban J connectivity index is 1.76. The second kappa shape index (κ2) is 6.44. The maximum absolute atomic E-state index is 2.46. The van der Waals surface area contributed by atoms with E-state index in [0.29, 0.717) is 0 Å². The maximum atomic E-state index is 2.46. The number of allylic oxidation sites excluding steroid dienone is 6. The van der Waals surface area contributed by atoms with Gasteiger partial charge in [0.1, 0.15) is 0 Å². The molecule has 0 saturated heterocycles. The number of aryl methyl sites for hydroxylation is 1. The van der Waals surface area contributed by atoms with Crippen LogP contribution in [0, 0.1) is 5.41 Å². The largest absolute Gasteiger partial charge is 0.0747 e. The van der Waals surface area contributed by atoms with E-state index in [2.05, 4.69) is 112 Å². The zero-order valence-corrected chi connectivity index (χ0v) is 18.6. The van der Waals surface area contributed by atoms with E-state index in [1.54, 1.807) is 0 Å². The molecule has 0 saturated carbocycles. The van der Waals surface area contributed by atoms with Gasteiger partial charge < -0.3 is 0 Å². The molecule has 6 rings (SSSR count). The second-order valence-corrected chi connectivity index (χ2v) is 9.79. The van der Waals surface area contributed by atoms with Gasteiger partial charge in [0.2, 0.25) is 0 Å². The van der Waals surface area contributed by atoms with Gasteiger partial charge in [0.25, 0.3) is 0 Å². The number of hydrogen-bond donors (Lipinski definition) is 0. The van der Waals surface area contributed by atoms with Crippen molar-refractivity contribution in [3.63, 3.8) is 0 Å². The minimum atomic E-state index is -0.232. The van der Waals surface area contributed by atoms with Gasteiger partial charge in [-0.2, -0.15) is 0 Å². The number of benzene rings is 3. The van der Waals surface area contributed by atoms with Crippen molar-refractivity contribution in [2.24, 2.45) is 5.41 Å². The van der Waals surface area contributed by atoms with E-state index in [-0.39, 0.29) is 10.8 Å². The number of hydrogen-bond acceptors (Lipinski definition) is 0. The van der Waals surface area contributed by atoms with Crippen LogP contribution in [0.4, 0.5) is 0 Å². The summed E-state index contributed by atoms with van der Waals surface area (Å²) in [5.74, 6) is 0. The fraction of sp³-hybridized carbons (Fsp3) is 0.226. The molecule has 0 fully saturated rings. The fourth-order valence-electron chi connectivity index (χ4n) is 5.94. The molecule has 0 heteroatoms. The SMILES string of the molecule is CCCc1ccc2c(c1)C1=C(C=CC(C)(C)C=C1)C21c2ccccc2-c2ccccc21.